The lowest BCUT2D eigenvalue weighted by molar-refractivity contribution is -0.115. The van der Waals surface area contributed by atoms with Gasteiger partial charge in [0.25, 0.3) is 0 Å². The third kappa shape index (κ3) is 6.33. The van der Waals surface area contributed by atoms with Crippen molar-refractivity contribution in [3.8, 4) is 0 Å². The van der Waals surface area contributed by atoms with Crippen molar-refractivity contribution in [2.24, 2.45) is 0 Å². The largest absolute Gasteiger partial charge is 0.322 e. The summed E-state index contributed by atoms with van der Waals surface area (Å²) in [5.74, 6) is 1.21. The number of thioether (sulfide) groups is 3. The maximum atomic E-state index is 13.6. The Morgan fingerprint density at radius 3 is 2.22 bits per heavy atom. The molecule has 6 heteroatoms. The fourth-order valence-electron chi connectivity index (χ4n) is 3.36. The number of aromatic nitrogens is 1. The Balaban J connectivity index is 1.91. The Kier molecular flexibility index (Phi) is 9.14. The van der Waals surface area contributed by atoms with Crippen LogP contribution in [-0.4, -0.2) is 23.4 Å². The number of hydrogen-bond donors (Lipinski definition) is 1. The Morgan fingerprint density at radius 1 is 0.969 bits per heavy atom. The molecule has 3 rings (SSSR count). The van der Waals surface area contributed by atoms with Gasteiger partial charge in [0.05, 0.1) is 5.69 Å². The van der Waals surface area contributed by atoms with Gasteiger partial charge in [0.2, 0.25) is 5.91 Å². The van der Waals surface area contributed by atoms with Crippen molar-refractivity contribution in [3.05, 3.63) is 83.0 Å². The third-order valence-corrected chi connectivity index (χ3v) is 7.91. The van der Waals surface area contributed by atoms with Crippen molar-refractivity contribution in [2.75, 3.05) is 17.8 Å². The number of nitrogens with zero attached hydrogens (tertiary/aromatic N) is 1. The zero-order chi connectivity index (χ0) is 23.1. The molecule has 3 nitrogen and oxygen atoms in total. The molecule has 0 saturated carbocycles. The summed E-state index contributed by atoms with van der Waals surface area (Å²) in [5.41, 5.74) is 5.27. The number of carbonyl (C=O) groups excluding carboxylic acids is 1. The SMILES string of the molecule is CSc1cc(C)nc(SC)c1NC(=O)C(SCc1ccccc1)c1ccc(C(C)C)cc1. The molecule has 0 aliphatic heterocycles. The van der Waals surface area contributed by atoms with Gasteiger partial charge in [-0.3, -0.25) is 4.79 Å². The van der Waals surface area contributed by atoms with E-state index in [-0.39, 0.29) is 11.2 Å². The molecule has 1 amide bonds. The molecule has 0 saturated heterocycles. The molecule has 1 heterocycles. The second-order valence-corrected chi connectivity index (χ2v) is 10.6. The summed E-state index contributed by atoms with van der Waals surface area (Å²) in [5, 5.41) is 3.75. The Hall–Kier alpha value is -1.89. The van der Waals surface area contributed by atoms with Gasteiger partial charge in [-0.15, -0.1) is 35.3 Å². The molecular weight excluding hydrogens is 453 g/mol. The molecule has 32 heavy (non-hydrogen) atoms. The molecule has 0 aliphatic rings. The van der Waals surface area contributed by atoms with E-state index in [2.05, 4.69) is 60.5 Å². The van der Waals surface area contributed by atoms with E-state index in [0.717, 1.165) is 32.6 Å². The Labute approximate surface area is 204 Å². The summed E-state index contributed by atoms with van der Waals surface area (Å²) in [7, 11) is 0. The number of aryl methyl sites for hydroxylation is 1. The van der Waals surface area contributed by atoms with Gasteiger partial charge in [0, 0.05) is 16.3 Å². The van der Waals surface area contributed by atoms with E-state index in [9.17, 15) is 4.79 Å². The second kappa shape index (κ2) is 11.8. The Bertz CT molecular complexity index is 1010. The first-order valence-electron chi connectivity index (χ1n) is 10.6. The lowest BCUT2D eigenvalue weighted by atomic mass is 10.0. The highest BCUT2D eigenvalue weighted by Gasteiger charge is 2.24. The third-order valence-electron chi connectivity index (χ3n) is 5.14. The van der Waals surface area contributed by atoms with E-state index in [0.29, 0.717) is 5.92 Å². The summed E-state index contributed by atoms with van der Waals surface area (Å²) < 4.78 is 0. The summed E-state index contributed by atoms with van der Waals surface area (Å²) in [6.45, 7) is 6.35. The van der Waals surface area contributed by atoms with Gasteiger partial charge in [-0.05, 0) is 48.1 Å². The molecule has 1 aromatic heterocycles. The first-order valence-corrected chi connectivity index (χ1v) is 14.1. The molecule has 3 aromatic rings. The standard InChI is InChI=1S/C26H30N2OS3/c1-17(2)20-11-13-21(14-12-20)24(32-16-19-9-7-6-8-10-19)25(29)28-23-22(30-4)15-18(3)27-26(23)31-5/h6-15,17,24H,16H2,1-5H3,(H,28,29). The van der Waals surface area contributed by atoms with E-state index in [1.54, 1.807) is 35.3 Å². The van der Waals surface area contributed by atoms with Crippen LogP contribution in [0.2, 0.25) is 0 Å². The number of benzene rings is 2. The molecule has 0 spiro atoms. The maximum absolute atomic E-state index is 13.6. The molecule has 1 atom stereocenters. The van der Waals surface area contributed by atoms with E-state index in [1.807, 2.05) is 43.7 Å². The molecule has 168 valence electrons. The fourth-order valence-corrected chi connectivity index (χ4v) is 5.78. The topological polar surface area (TPSA) is 42.0 Å². The number of carbonyl (C=O) groups is 1. The zero-order valence-electron chi connectivity index (χ0n) is 19.2. The predicted octanol–water partition coefficient (Wildman–Crippen LogP) is 7.57. The number of hydrogen-bond acceptors (Lipinski definition) is 5. The van der Waals surface area contributed by atoms with Gasteiger partial charge < -0.3 is 5.32 Å². The minimum atomic E-state index is -0.317. The zero-order valence-corrected chi connectivity index (χ0v) is 21.7. The predicted molar refractivity (Wildman–Crippen MR) is 142 cm³/mol. The highest BCUT2D eigenvalue weighted by atomic mass is 32.2. The van der Waals surface area contributed by atoms with Crippen molar-refractivity contribution in [3.63, 3.8) is 0 Å². The molecule has 2 aromatic carbocycles. The maximum Gasteiger partial charge on any atom is 0.242 e. The van der Waals surface area contributed by atoms with E-state index in [1.165, 1.54) is 11.1 Å². The highest BCUT2D eigenvalue weighted by Crippen LogP contribution is 2.37. The van der Waals surface area contributed by atoms with Gasteiger partial charge in [0.15, 0.2) is 0 Å². The number of pyridine rings is 1. The number of rotatable bonds is 9. The minimum Gasteiger partial charge on any atom is -0.322 e. The van der Waals surface area contributed by atoms with Gasteiger partial charge in [-0.1, -0.05) is 68.4 Å². The molecular formula is C26H30N2OS3. The van der Waals surface area contributed by atoms with Crippen LogP contribution in [0.25, 0.3) is 0 Å². The lowest BCUT2D eigenvalue weighted by Crippen LogP contribution is -2.20. The molecule has 0 radical (unpaired) electrons. The molecule has 1 N–H and O–H groups in total. The first kappa shape index (κ1) is 24.7. The van der Waals surface area contributed by atoms with Crippen molar-refractivity contribution < 1.29 is 4.79 Å². The number of nitrogens with one attached hydrogen (secondary N) is 1. The van der Waals surface area contributed by atoms with Crippen LogP contribution < -0.4 is 5.32 Å². The average molecular weight is 483 g/mol. The second-order valence-electron chi connectivity index (χ2n) is 7.84. The van der Waals surface area contributed by atoms with Crippen LogP contribution in [0, 0.1) is 6.92 Å². The summed E-state index contributed by atoms with van der Waals surface area (Å²) in [6.07, 6.45) is 4.02. The molecule has 1 unspecified atom stereocenters. The van der Waals surface area contributed by atoms with Crippen molar-refractivity contribution >= 4 is 46.9 Å². The monoisotopic (exact) mass is 482 g/mol. The van der Waals surface area contributed by atoms with Crippen LogP contribution in [0.15, 0.2) is 70.6 Å². The lowest BCUT2D eigenvalue weighted by Gasteiger charge is -2.20. The minimum absolute atomic E-state index is 0.0144. The van der Waals surface area contributed by atoms with Crippen LogP contribution in [0.5, 0.6) is 0 Å². The van der Waals surface area contributed by atoms with Crippen LogP contribution in [0.1, 0.15) is 47.4 Å². The highest BCUT2D eigenvalue weighted by molar-refractivity contribution is 8.00. The van der Waals surface area contributed by atoms with E-state index < -0.39 is 0 Å². The number of anilines is 1. The quantitative estimate of drug-likeness (QED) is 0.319. The molecule has 0 bridgehead atoms. The van der Waals surface area contributed by atoms with Crippen molar-refractivity contribution in [1.29, 1.82) is 0 Å². The van der Waals surface area contributed by atoms with Crippen molar-refractivity contribution in [2.45, 2.75) is 47.6 Å². The summed E-state index contributed by atoms with van der Waals surface area (Å²) in [4.78, 5) is 19.3. The van der Waals surface area contributed by atoms with Gasteiger partial charge in [0.1, 0.15) is 10.3 Å². The van der Waals surface area contributed by atoms with E-state index >= 15 is 0 Å². The Morgan fingerprint density at radius 2 is 1.62 bits per heavy atom. The van der Waals surface area contributed by atoms with Gasteiger partial charge in [-0.25, -0.2) is 4.98 Å². The first-order chi connectivity index (χ1) is 15.4. The summed E-state index contributed by atoms with van der Waals surface area (Å²) in [6, 6.07) is 20.8. The number of amides is 1. The van der Waals surface area contributed by atoms with Crippen LogP contribution in [0.4, 0.5) is 5.69 Å². The van der Waals surface area contributed by atoms with E-state index in [4.69, 9.17) is 0 Å². The fraction of sp³-hybridized carbons (Fsp3) is 0.308. The van der Waals surface area contributed by atoms with Crippen molar-refractivity contribution in [1.82, 2.24) is 4.98 Å². The normalized spacial score (nSPS) is 12.1. The van der Waals surface area contributed by atoms with Gasteiger partial charge in [-0.2, -0.15) is 0 Å². The summed E-state index contributed by atoms with van der Waals surface area (Å²) >= 11 is 4.84. The van der Waals surface area contributed by atoms with Crippen LogP contribution in [0.3, 0.4) is 0 Å². The average Bonchev–Trinajstić information content (AvgIpc) is 2.81. The van der Waals surface area contributed by atoms with Gasteiger partial charge >= 0.3 is 0 Å². The van der Waals surface area contributed by atoms with Crippen LogP contribution >= 0.6 is 35.3 Å². The van der Waals surface area contributed by atoms with Crippen LogP contribution in [-0.2, 0) is 10.5 Å². The molecule has 0 aliphatic carbocycles. The molecule has 0 fully saturated rings. The smallest absolute Gasteiger partial charge is 0.242 e.